The van der Waals surface area contributed by atoms with Crippen molar-refractivity contribution in [3.05, 3.63) is 48.6 Å². The van der Waals surface area contributed by atoms with Crippen molar-refractivity contribution in [2.45, 2.75) is 0 Å². The maximum absolute atomic E-state index is 8.33. The van der Waals surface area contributed by atoms with Crippen LogP contribution in [0.5, 0.6) is 5.75 Å². The van der Waals surface area contributed by atoms with Gasteiger partial charge in [-0.15, -0.1) is 0 Å². The van der Waals surface area contributed by atoms with Gasteiger partial charge < -0.3 is 4.74 Å². The number of rotatable bonds is 4. The molecule has 0 radical (unpaired) electrons. The number of nitriles is 1. The van der Waals surface area contributed by atoms with Crippen LogP contribution in [-0.2, 0) is 0 Å². The second-order valence-corrected chi connectivity index (χ2v) is 2.63. The lowest BCUT2D eigenvalue weighted by Gasteiger charge is -2.02. The van der Waals surface area contributed by atoms with Gasteiger partial charge in [0.05, 0.1) is 6.07 Å². The maximum Gasteiger partial charge on any atom is 0.119 e. The van der Waals surface area contributed by atoms with Gasteiger partial charge in [0.1, 0.15) is 12.4 Å². The smallest absolute Gasteiger partial charge is 0.119 e. The summed E-state index contributed by atoms with van der Waals surface area (Å²) in [4.78, 5) is 0. The molecule has 0 saturated carbocycles. The topological polar surface area (TPSA) is 33.0 Å². The molecule has 0 saturated heterocycles. The Balaban J connectivity index is 2.64. The molecule has 0 bridgehead atoms. The average molecular weight is 185 g/mol. The molecule has 0 fully saturated rings. The van der Waals surface area contributed by atoms with E-state index in [0.717, 1.165) is 11.3 Å². The summed E-state index contributed by atoms with van der Waals surface area (Å²) in [5.41, 5.74) is 0.984. The molecule has 0 spiro atoms. The fourth-order valence-electron chi connectivity index (χ4n) is 0.964. The van der Waals surface area contributed by atoms with Gasteiger partial charge in [0.15, 0.2) is 0 Å². The highest BCUT2D eigenvalue weighted by Gasteiger charge is 1.90. The average Bonchev–Trinajstić information content (AvgIpc) is 2.25. The first-order valence-electron chi connectivity index (χ1n) is 4.26. The zero-order valence-electron chi connectivity index (χ0n) is 7.81. The number of nitrogens with zero attached hydrogens (tertiary/aromatic N) is 1. The number of hydrogen-bond donors (Lipinski definition) is 0. The Hall–Kier alpha value is -2.01. The van der Waals surface area contributed by atoms with Crippen LogP contribution in [0.3, 0.4) is 0 Å². The van der Waals surface area contributed by atoms with Crippen LogP contribution in [0.1, 0.15) is 5.56 Å². The van der Waals surface area contributed by atoms with E-state index in [2.05, 4.69) is 6.58 Å². The predicted molar refractivity (Wildman–Crippen MR) is 56.8 cm³/mol. The summed E-state index contributed by atoms with van der Waals surface area (Å²) in [5, 5.41) is 8.33. The minimum Gasteiger partial charge on any atom is -0.490 e. The molecule has 1 aromatic carbocycles. The van der Waals surface area contributed by atoms with E-state index in [1.54, 1.807) is 12.2 Å². The van der Waals surface area contributed by atoms with Crippen LogP contribution in [0, 0.1) is 11.3 Å². The van der Waals surface area contributed by atoms with E-state index >= 15 is 0 Å². The molecular formula is C12H11NO. The van der Waals surface area contributed by atoms with Crippen molar-refractivity contribution in [3.63, 3.8) is 0 Å². The minimum atomic E-state index is 0.507. The van der Waals surface area contributed by atoms with Crippen LogP contribution in [0.2, 0.25) is 0 Å². The van der Waals surface area contributed by atoms with Crippen molar-refractivity contribution in [3.8, 4) is 11.8 Å². The van der Waals surface area contributed by atoms with Crippen molar-refractivity contribution < 1.29 is 4.74 Å². The number of benzene rings is 1. The quantitative estimate of drug-likeness (QED) is 0.533. The molecule has 0 N–H and O–H groups in total. The number of ether oxygens (including phenoxy) is 1. The van der Waals surface area contributed by atoms with E-state index in [0.29, 0.717) is 6.61 Å². The molecule has 0 atom stereocenters. The molecule has 14 heavy (non-hydrogen) atoms. The van der Waals surface area contributed by atoms with Crippen molar-refractivity contribution >= 4 is 6.08 Å². The van der Waals surface area contributed by atoms with Crippen LogP contribution >= 0.6 is 0 Å². The first-order chi connectivity index (χ1) is 6.86. The number of allylic oxidation sites excluding steroid dienone is 1. The Kier molecular flexibility index (Phi) is 4.03. The predicted octanol–water partition coefficient (Wildman–Crippen LogP) is 2.79. The van der Waals surface area contributed by atoms with Crippen LogP contribution in [0.25, 0.3) is 6.08 Å². The standard InChI is InChI=1S/C12H11NO/c1-2-10-14-12-7-5-11(6-8-12)4-3-9-13/h2-8H,1,10H2/b4-3+. The van der Waals surface area contributed by atoms with Crippen LogP contribution in [-0.4, -0.2) is 6.61 Å². The van der Waals surface area contributed by atoms with E-state index in [9.17, 15) is 0 Å². The molecular weight excluding hydrogens is 174 g/mol. The SMILES string of the molecule is C=CCOc1ccc(/C=C/C#N)cc1. The molecule has 0 aromatic heterocycles. The minimum absolute atomic E-state index is 0.507. The zero-order valence-corrected chi connectivity index (χ0v) is 7.81. The molecule has 1 rings (SSSR count). The second-order valence-electron chi connectivity index (χ2n) is 2.63. The summed E-state index contributed by atoms with van der Waals surface area (Å²) < 4.78 is 5.31. The Bertz CT molecular complexity index is 357. The van der Waals surface area contributed by atoms with Gasteiger partial charge in [-0.1, -0.05) is 24.8 Å². The first-order valence-corrected chi connectivity index (χ1v) is 4.26. The zero-order chi connectivity index (χ0) is 10.2. The van der Waals surface area contributed by atoms with Gasteiger partial charge >= 0.3 is 0 Å². The van der Waals surface area contributed by atoms with Gasteiger partial charge in [0, 0.05) is 6.08 Å². The van der Waals surface area contributed by atoms with Gasteiger partial charge in [0.25, 0.3) is 0 Å². The first kappa shape index (κ1) is 10.1. The van der Waals surface area contributed by atoms with Crippen molar-refractivity contribution in [1.82, 2.24) is 0 Å². The largest absolute Gasteiger partial charge is 0.490 e. The summed E-state index contributed by atoms with van der Waals surface area (Å²) in [5.74, 6) is 0.805. The molecule has 2 nitrogen and oxygen atoms in total. The highest BCUT2D eigenvalue weighted by molar-refractivity contribution is 5.52. The lowest BCUT2D eigenvalue weighted by molar-refractivity contribution is 0.363. The summed E-state index contributed by atoms with van der Waals surface area (Å²) in [7, 11) is 0. The lowest BCUT2D eigenvalue weighted by Crippen LogP contribution is -1.91. The molecule has 0 aliphatic carbocycles. The van der Waals surface area contributed by atoms with Crippen molar-refractivity contribution in [1.29, 1.82) is 5.26 Å². The number of hydrogen-bond acceptors (Lipinski definition) is 2. The molecule has 0 amide bonds. The summed E-state index contributed by atoms with van der Waals surface area (Å²) >= 11 is 0. The van der Waals surface area contributed by atoms with E-state index in [-0.39, 0.29) is 0 Å². The van der Waals surface area contributed by atoms with Gasteiger partial charge in [-0.3, -0.25) is 0 Å². The fourth-order valence-corrected chi connectivity index (χ4v) is 0.964. The maximum atomic E-state index is 8.33. The summed E-state index contributed by atoms with van der Waals surface area (Å²) in [6.07, 6.45) is 4.89. The van der Waals surface area contributed by atoms with Gasteiger partial charge in [-0.25, -0.2) is 0 Å². The Morgan fingerprint density at radius 1 is 1.36 bits per heavy atom. The highest BCUT2D eigenvalue weighted by atomic mass is 16.5. The molecule has 2 heteroatoms. The molecule has 70 valence electrons. The van der Waals surface area contributed by atoms with Gasteiger partial charge in [-0.2, -0.15) is 5.26 Å². The van der Waals surface area contributed by atoms with E-state index in [4.69, 9.17) is 10.00 Å². The Morgan fingerprint density at radius 3 is 2.64 bits per heavy atom. The molecule has 1 aromatic rings. The van der Waals surface area contributed by atoms with Gasteiger partial charge in [-0.05, 0) is 23.8 Å². The fraction of sp³-hybridized carbons (Fsp3) is 0.0833. The van der Waals surface area contributed by atoms with E-state index in [1.807, 2.05) is 30.3 Å². The van der Waals surface area contributed by atoms with Crippen LogP contribution < -0.4 is 4.74 Å². The van der Waals surface area contributed by atoms with E-state index < -0.39 is 0 Å². The highest BCUT2D eigenvalue weighted by Crippen LogP contribution is 2.12. The normalized spacial score (nSPS) is 9.64. The lowest BCUT2D eigenvalue weighted by atomic mass is 10.2. The summed E-state index contributed by atoms with van der Waals surface area (Å²) in [6, 6.07) is 9.45. The second kappa shape index (κ2) is 5.60. The molecule has 0 unspecified atom stereocenters. The third-order valence-electron chi connectivity index (χ3n) is 1.60. The Labute approximate surface area is 83.7 Å². The monoisotopic (exact) mass is 185 g/mol. The summed E-state index contributed by atoms with van der Waals surface area (Å²) in [6.45, 7) is 4.07. The van der Waals surface area contributed by atoms with E-state index in [1.165, 1.54) is 6.08 Å². The third-order valence-corrected chi connectivity index (χ3v) is 1.60. The Morgan fingerprint density at radius 2 is 2.07 bits per heavy atom. The third kappa shape index (κ3) is 3.16. The van der Waals surface area contributed by atoms with Crippen molar-refractivity contribution in [2.75, 3.05) is 6.61 Å². The van der Waals surface area contributed by atoms with Gasteiger partial charge in [0.2, 0.25) is 0 Å². The molecule has 0 aliphatic rings. The molecule has 0 aliphatic heterocycles. The van der Waals surface area contributed by atoms with Crippen LogP contribution in [0.15, 0.2) is 43.0 Å². The van der Waals surface area contributed by atoms with Crippen LogP contribution in [0.4, 0.5) is 0 Å². The van der Waals surface area contributed by atoms with Crippen molar-refractivity contribution in [2.24, 2.45) is 0 Å². The molecule has 0 heterocycles.